The van der Waals surface area contributed by atoms with Crippen molar-refractivity contribution in [1.82, 2.24) is 20.1 Å². The first kappa shape index (κ1) is 12.2. The SMILES string of the molecule is Cn1cnc(CNCc2ccc(Br)cc2F)n1. The Morgan fingerprint density at radius 3 is 2.88 bits per heavy atom. The van der Waals surface area contributed by atoms with Crippen LogP contribution in [0.4, 0.5) is 4.39 Å². The molecule has 6 heteroatoms. The predicted molar refractivity (Wildman–Crippen MR) is 65.6 cm³/mol. The molecular formula is C11H12BrFN4. The summed E-state index contributed by atoms with van der Waals surface area (Å²) in [7, 11) is 1.81. The van der Waals surface area contributed by atoms with Crippen LogP contribution < -0.4 is 5.32 Å². The van der Waals surface area contributed by atoms with E-state index in [1.165, 1.54) is 6.07 Å². The predicted octanol–water partition coefficient (Wildman–Crippen LogP) is 2.01. The van der Waals surface area contributed by atoms with Gasteiger partial charge in [-0.25, -0.2) is 9.37 Å². The molecule has 0 atom stereocenters. The third kappa shape index (κ3) is 3.34. The van der Waals surface area contributed by atoms with Gasteiger partial charge in [-0.2, -0.15) is 5.10 Å². The van der Waals surface area contributed by atoms with E-state index in [9.17, 15) is 4.39 Å². The molecule has 1 heterocycles. The number of hydrogen-bond acceptors (Lipinski definition) is 3. The summed E-state index contributed by atoms with van der Waals surface area (Å²) in [6.45, 7) is 0.980. The van der Waals surface area contributed by atoms with Gasteiger partial charge in [-0.3, -0.25) is 4.68 Å². The highest BCUT2D eigenvalue weighted by atomic mass is 79.9. The molecule has 0 aliphatic carbocycles. The maximum Gasteiger partial charge on any atom is 0.164 e. The van der Waals surface area contributed by atoms with Crippen LogP contribution in [0, 0.1) is 5.82 Å². The monoisotopic (exact) mass is 298 g/mol. The van der Waals surface area contributed by atoms with Crippen LogP contribution in [0.5, 0.6) is 0 Å². The van der Waals surface area contributed by atoms with Crippen LogP contribution in [0.3, 0.4) is 0 Å². The zero-order chi connectivity index (χ0) is 12.3. The third-order valence-corrected chi connectivity index (χ3v) is 2.75. The fourth-order valence-electron chi connectivity index (χ4n) is 1.44. The van der Waals surface area contributed by atoms with Crippen LogP contribution in [-0.4, -0.2) is 14.8 Å². The highest BCUT2D eigenvalue weighted by Crippen LogP contribution is 2.14. The summed E-state index contributed by atoms with van der Waals surface area (Å²) in [6, 6.07) is 5.02. The third-order valence-electron chi connectivity index (χ3n) is 2.26. The second-order valence-corrected chi connectivity index (χ2v) is 4.59. The van der Waals surface area contributed by atoms with Gasteiger partial charge in [-0.15, -0.1) is 0 Å². The molecule has 4 nitrogen and oxygen atoms in total. The number of benzene rings is 1. The van der Waals surface area contributed by atoms with Crippen molar-refractivity contribution < 1.29 is 4.39 Å². The van der Waals surface area contributed by atoms with Crippen molar-refractivity contribution in [3.05, 3.63) is 46.2 Å². The first-order valence-electron chi connectivity index (χ1n) is 5.14. The Morgan fingerprint density at radius 2 is 2.24 bits per heavy atom. The molecule has 0 unspecified atom stereocenters. The van der Waals surface area contributed by atoms with Gasteiger partial charge in [0.2, 0.25) is 0 Å². The molecule has 0 saturated heterocycles. The molecule has 0 saturated carbocycles. The highest BCUT2D eigenvalue weighted by molar-refractivity contribution is 9.10. The molecule has 0 spiro atoms. The van der Waals surface area contributed by atoms with E-state index in [4.69, 9.17) is 0 Å². The van der Waals surface area contributed by atoms with E-state index < -0.39 is 0 Å². The number of halogens is 2. The van der Waals surface area contributed by atoms with E-state index in [0.717, 1.165) is 4.47 Å². The molecular weight excluding hydrogens is 287 g/mol. The maximum absolute atomic E-state index is 13.5. The minimum atomic E-state index is -0.221. The Labute approximate surface area is 107 Å². The molecule has 1 aromatic heterocycles. The van der Waals surface area contributed by atoms with E-state index in [-0.39, 0.29) is 5.82 Å². The fraction of sp³-hybridized carbons (Fsp3) is 0.273. The molecule has 17 heavy (non-hydrogen) atoms. The topological polar surface area (TPSA) is 42.7 Å². The second-order valence-electron chi connectivity index (χ2n) is 3.67. The molecule has 0 bridgehead atoms. The quantitative estimate of drug-likeness (QED) is 0.939. The number of aryl methyl sites for hydroxylation is 1. The molecule has 0 radical (unpaired) electrons. The Bertz CT molecular complexity index is 512. The Hall–Kier alpha value is -1.27. The van der Waals surface area contributed by atoms with E-state index in [1.54, 1.807) is 17.1 Å². The van der Waals surface area contributed by atoms with Crippen molar-refractivity contribution >= 4 is 15.9 Å². The molecule has 0 aliphatic rings. The average Bonchev–Trinajstić information content (AvgIpc) is 2.68. The van der Waals surface area contributed by atoms with Gasteiger partial charge < -0.3 is 5.32 Å². The number of rotatable bonds is 4. The number of nitrogens with zero attached hydrogens (tertiary/aromatic N) is 3. The standard InChI is InChI=1S/C11H12BrFN4/c1-17-7-15-11(16-17)6-14-5-8-2-3-9(12)4-10(8)13/h2-4,7,14H,5-6H2,1H3. The summed E-state index contributed by atoms with van der Waals surface area (Å²) in [6.07, 6.45) is 1.64. The average molecular weight is 299 g/mol. The first-order chi connectivity index (χ1) is 8.15. The Kier molecular flexibility index (Phi) is 3.86. The van der Waals surface area contributed by atoms with Gasteiger partial charge in [0, 0.05) is 23.6 Å². The molecule has 0 fully saturated rings. The van der Waals surface area contributed by atoms with Gasteiger partial charge >= 0.3 is 0 Å². The number of nitrogens with one attached hydrogen (secondary N) is 1. The lowest BCUT2D eigenvalue weighted by Crippen LogP contribution is -2.15. The van der Waals surface area contributed by atoms with Gasteiger partial charge in [-0.1, -0.05) is 22.0 Å². The van der Waals surface area contributed by atoms with Crippen LogP contribution >= 0.6 is 15.9 Å². The van der Waals surface area contributed by atoms with Gasteiger partial charge in [0.05, 0.1) is 6.54 Å². The van der Waals surface area contributed by atoms with Gasteiger partial charge in [-0.05, 0) is 12.1 Å². The molecule has 2 rings (SSSR count). The molecule has 0 amide bonds. The zero-order valence-corrected chi connectivity index (χ0v) is 10.9. The second kappa shape index (κ2) is 5.37. The molecule has 90 valence electrons. The summed E-state index contributed by atoms with van der Waals surface area (Å²) in [5, 5.41) is 7.22. The van der Waals surface area contributed by atoms with Crippen molar-refractivity contribution in [2.75, 3.05) is 0 Å². The van der Waals surface area contributed by atoms with E-state index in [0.29, 0.717) is 24.5 Å². The highest BCUT2D eigenvalue weighted by Gasteiger charge is 2.03. The molecule has 1 N–H and O–H groups in total. The Morgan fingerprint density at radius 1 is 1.41 bits per heavy atom. The molecule has 0 aliphatic heterocycles. The Balaban J connectivity index is 1.90. The first-order valence-corrected chi connectivity index (χ1v) is 5.93. The van der Waals surface area contributed by atoms with E-state index in [2.05, 4.69) is 31.3 Å². The smallest absolute Gasteiger partial charge is 0.164 e. The van der Waals surface area contributed by atoms with E-state index in [1.807, 2.05) is 13.1 Å². The van der Waals surface area contributed by atoms with Gasteiger partial charge in [0.15, 0.2) is 5.82 Å². The van der Waals surface area contributed by atoms with Crippen molar-refractivity contribution in [3.8, 4) is 0 Å². The van der Waals surface area contributed by atoms with Crippen molar-refractivity contribution in [2.24, 2.45) is 7.05 Å². The van der Waals surface area contributed by atoms with Crippen molar-refractivity contribution in [2.45, 2.75) is 13.1 Å². The van der Waals surface area contributed by atoms with Crippen LogP contribution in [0.1, 0.15) is 11.4 Å². The summed E-state index contributed by atoms with van der Waals surface area (Å²) in [5.74, 6) is 0.478. The minimum absolute atomic E-state index is 0.221. The lowest BCUT2D eigenvalue weighted by atomic mass is 10.2. The van der Waals surface area contributed by atoms with Crippen LogP contribution in [0.15, 0.2) is 29.0 Å². The van der Waals surface area contributed by atoms with Gasteiger partial charge in [0.25, 0.3) is 0 Å². The summed E-state index contributed by atoms with van der Waals surface area (Å²) >= 11 is 3.22. The van der Waals surface area contributed by atoms with Crippen molar-refractivity contribution in [1.29, 1.82) is 0 Å². The summed E-state index contributed by atoms with van der Waals surface area (Å²) < 4.78 is 15.9. The minimum Gasteiger partial charge on any atom is -0.306 e. The van der Waals surface area contributed by atoms with Crippen molar-refractivity contribution in [3.63, 3.8) is 0 Å². The number of hydrogen-bond donors (Lipinski definition) is 1. The van der Waals surface area contributed by atoms with Crippen LogP contribution in [0.25, 0.3) is 0 Å². The largest absolute Gasteiger partial charge is 0.306 e. The van der Waals surface area contributed by atoms with E-state index >= 15 is 0 Å². The lowest BCUT2D eigenvalue weighted by Gasteiger charge is -2.04. The zero-order valence-electron chi connectivity index (χ0n) is 9.32. The molecule has 1 aromatic carbocycles. The van der Waals surface area contributed by atoms with Gasteiger partial charge in [0.1, 0.15) is 12.1 Å². The normalized spacial score (nSPS) is 10.8. The summed E-state index contributed by atoms with van der Waals surface area (Å²) in [4.78, 5) is 4.07. The van der Waals surface area contributed by atoms with Crippen LogP contribution in [0.2, 0.25) is 0 Å². The maximum atomic E-state index is 13.5. The summed E-state index contributed by atoms with van der Waals surface area (Å²) in [5.41, 5.74) is 0.629. The lowest BCUT2D eigenvalue weighted by molar-refractivity contribution is 0.580. The fourth-order valence-corrected chi connectivity index (χ4v) is 1.77. The number of aromatic nitrogens is 3. The molecule has 2 aromatic rings. The van der Waals surface area contributed by atoms with Crippen LogP contribution in [-0.2, 0) is 20.1 Å².